The van der Waals surface area contributed by atoms with Gasteiger partial charge in [-0.1, -0.05) is 23.5 Å². The van der Waals surface area contributed by atoms with Crippen molar-refractivity contribution in [3.8, 4) is 0 Å². The third kappa shape index (κ3) is 2.19. The number of thiazole rings is 1. The number of carbonyl (C=O) groups is 1. The minimum absolute atomic E-state index is 0.0519. The Hall–Kier alpha value is -1.95. The third-order valence-electron chi connectivity index (χ3n) is 3.10. The van der Waals surface area contributed by atoms with E-state index in [2.05, 4.69) is 15.6 Å². The summed E-state index contributed by atoms with van der Waals surface area (Å²) in [5.74, 6) is 0.225. The molecule has 2 N–H and O–H groups in total. The minimum Gasteiger partial charge on any atom is -0.365 e. The highest BCUT2D eigenvalue weighted by atomic mass is 32.1. The summed E-state index contributed by atoms with van der Waals surface area (Å²) in [6, 6.07) is 6.28. The van der Waals surface area contributed by atoms with Crippen molar-refractivity contribution in [2.45, 2.75) is 12.3 Å². The number of amides is 1. The number of benzene rings is 1. The van der Waals surface area contributed by atoms with E-state index in [1.54, 1.807) is 19.2 Å². The maximum atomic E-state index is 13.0. The summed E-state index contributed by atoms with van der Waals surface area (Å²) in [5, 5.41) is 6.51. The summed E-state index contributed by atoms with van der Waals surface area (Å²) in [4.78, 5) is 17.1. The molecule has 1 aliphatic heterocycles. The van der Waals surface area contributed by atoms with E-state index in [1.165, 1.54) is 23.5 Å². The molecule has 0 fully saturated rings. The van der Waals surface area contributed by atoms with Gasteiger partial charge in [0.25, 0.3) is 0 Å². The van der Waals surface area contributed by atoms with Crippen molar-refractivity contribution in [2.24, 2.45) is 0 Å². The summed E-state index contributed by atoms with van der Waals surface area (Å²) >= 11 is 1.51. The Labute approximate surface area is 113 Å². The molecular weight excluding hydrogens is 265 g/mol. The number of fused-ring (bicyclic) bond motifs is 1. The fraction of sp³-hybridized carbons (Fsp3) is 0.231. The van der Waals surface area contributed by atoms with E-state index in [-0.39, 0.29) is 17.6 Å². The van der Waals surface area contributed by atoms with Crippen LogP contribution >= 0.6 is 11.3 Å². The van der Waals surface area contributed by atoms with E-state index >= 15 is 0 Å². The molecule has 6 heteroatoms. The van der Waals surface area contributed by atoms with Crippen LogP contribution in [0.2, 0.25) is 0 Å². The second-order valence-electron chi connectivity index (χ2n) is 4.34. The van der Waals surface area contributed by atoms with Crippen LogP contribution in [-0.4, -0.2) is 17.9 Å². The number of rotatable bonds is 2. The van der Waals surface area contributed by atoms with Crippen LogP contribution in [0, 0.1) is 5.82 Å². The molecule has 0 bridgehead atoms. The monoisotopic (exact) mass is 277 g/mol. The van der Waals surface area contributed by atoms with E-state index in [0.29, 0.717) is 12.2 Å². The van der Waals surface area contributed by atoms with Gasteiger partial charge in [0.2, 0.25) is 5.91 Å². The molecule has 0 radical (unpaired) electrons. The highest BCUT2D eigenvalue weighted by Crippen LogP contribution is 2.41. The van der Waals surface area contributed by atoms with Crippen molar-refractivity contribution in [1.29, 1.82) is 0 Å². The van der Waals surface area contributed by atoms with Crippen molar-refractivity contribution in [1.82, 2.24) is 4.98 Å². The molecule has 2 aromatic rings. The molecule has 0 saturated heterocycles. The summed E-state index contributed by atoms with van der Waals surface area (Å²) in [7, 11) is 1.79. The fourth-order valence-corrected chi connectivity index (χ4v) is 3.19. The summed E-state index contributed by atoms with van der Waals surface area (Å²) < 4.78 is 13.0. The molecule has 3 rings (SSSR count). The first kappa shape index (κ1) is 12.1. The topological polar surface area (TPSA) is 54.0 Å². The van der Waals surface area contributed by atoms with Gasteiger partial charge in [-0.3, -0.25) is 4.79 Å². The maximum absolute atomic E-state index is 13.0. The van der Waals surface area contributed by atoms with Gasteiger partial charge in [0, 0.05) is 19.4 Å². The summed E-state index contributed by atoms with van der Waals surface area (Å²) in [5.41, 5.74) is 0.934. The normalized spacial score (nSPS) is 17.8. The molecule has 98 valence electrons. The molecule has 0 aliphatic carbocycles. The Kier molecular flexibility index (Phi) is 2.94. The average molecular weight is 277 g/mol. The van der Waals surface area contributed by atoms with Crippen LogP contribution in [0.25, 0.3) is 0 Å². The zero-order valence-electron chi connectivity index (χ0n) is 10.2. The number of nitrogens with zero attached hydrogens (tertiary/aromatic N) is 1. The maximum Gasteiger partial charge on any atom is 0.226 e. The largest absolute Gasteiger partial charge is 0.365 e. The molecule has 1 atom stereocenters. The molecule has 1 aliphatic rings. The van der Waals surface area contributed by atoms with E-state index in [1.807, 2.05) is 0 Å². The first-order chi connectivity index (χ1) is 9.17. The lowest BCUT2D eigenvalue weighted by molar-refractivity contribution is -0.116. The van der Waals surface area contributed by atoms with Gasteiger partial charge in [0.15, 0.2) is 5.13 Å². The second kappa shape index (κ2) is 4.62. The number of carbonyl (C=O) groups excluding carboxylic acids is 1. The van der Waals surface area contributed by atoms with Gasteiger partial charge >= 0.3 is 0 Å². The van der Waals surface area contributed by atoms with Crippen molar-refractivity contribution in [3.63, 3.8) is 0 Å². The SMILES string of the molecule is CNc1nc2c(s1)[C@H](c1ccc(F)cc1)CC(=O)N2. The van der Waals surface area contributed by atoms with Crippen LogP contribution in [0.3, 0.4) is 0 Å². The summed E-state index contributed by atoms with van der Waals surface area (Å²) in [6.07, 6.45) is 0.365. The van der Waals surface area contributed by atoms with Crippen LogP contribution in [0.15, 0.2) is 24.3 Å². The number of hydrogen-bond donors (Lipinski definition) is 2. The van der Waals surface area contributed by atoms with Crippen molar-refractivity contribution < 1.29 is 9.18 Å². The first-order valence-corrected chi connectivity index (χ1v) is 6.73. The van der Waals surface area contributed by atoms with E-state index in [9.17, 15) is 9.18 Å². The Morgan fingerprint density at radius 3 is 2.84 bits per heavy atom. The number of nitrogens with one attached hydrogen (secondary N) is 2. The predicted molar refractivity (Wildman–Crippen MR) is 73.2 cm³/mol. The standard InChI is InChI=1S/C13H12FN3OS/c1-15-13-17-12-11(19-13)9(6-10(18)16-12)7-2-4-8(14)5-3-7/h2-5,9H,6H2,1H3,(H,15,17)(H,16,18)/t9-/m0/s1. The van der Waals surface area contributed by atoms with Gasteiger partial charge in [0.05, 0.1) is 4.88 Å². The number of hydrogen-bond acceptors (Lipinski definition) is 4. The van der Waals surface area contributed by atoms with Crippen LogP contribution in [0.5, 0.6) is 0 Å². The molecule has 0 saturated carbocycles. The smallest absolute Gasteiger partial charge is 0.226 e. The number of anilines is 2. The minimum atomic E-state index is -0.274. The molecule has 1 aromatic heterocycles. The third-order valence-corrected chi connectivity index (χ3v) is 4.29. The lowest BCUT2D eigenvalue weighted by Gasteiger charge is -2.21. The van der Waals surface area contributed by atoms with Crippen LogP contribution in [0.1, 0.15) is 22.8 Å². The fourth-order valence-electron chi connectivity index (χ4n) is 2.19. The molecule has 1 amide bonds. The van der Waals surface area contributed by atoms with Gasteiger partial charge in [-0.15, -0.1) is 0 Å². The predicted octanol–water partition coefficient (Wildman–Crippen LogP) is 2.80. The van der Waals surface area contributed by atoms with Gasteiger partial charge in [-0.05, 0) is 17.7 Å². The van der Waals surface area contributed by atoms with Crippen LogP contribution in [-0.2, 0) is 4.79 Å². The van der Waals surface area contributed by atoms with Gasteiger partial charge < -0.3 is 10.6 Å². The molecule has 19 heavy (non-hydrogen) atoms. The van der Waals surface area contributed by atoms with Gasteiger partial charge in [-0.25, -0.2) is 9.37 Å². The van der Waals surface area contributed by atoms with Crippen LogP contribution in [0.4, 0.5) is 15.3 Å². The van der Waals surface area contributed by atoms with E-state index in [4.69, 9.17) is 0 Å². The quantitative estimate of drug-likeness (QED) is 0.887. The number of halogens is 1. The van der Waals surface area contributed by atoms with Gasteiger partial charge in [-0.2, -0.15) is 0 Å². The molecule has 4 nitrogen and oxygen atoms in total. The highest BCUT2D eigenvalue weighted by molar-refractivity contribution is 7.16. The Balaban J connectivity index is 2.05. The molecule has 2 heterocycles. The zero-order chi connectivity index (χ0) is 13.4. The second-order valence-corrected chi connectivity index (χ2v) is 5.37. The lowest BCUT2D eigenvalue weighted by Crippen LogP contribution is -2.22. The van der Waals surface area contributed by atoms with Crippen molar-refractivity contribution in [2.75, 3.05) is 17.7 Å². The molecule has 0 unspecified atom stereocenters. The van der Waals surface area contributed by atoms with Crippen LogP contribution < -0.4 is 10.6 Å². The van der Waals surface area contributed by atoms with Crippen molar-refractivity contribution in [3.05, 3.63) is 40.5 Å². The Morgan fingerprint density at radius 2 is 2.16 bits per heavy atom. The van der Waals surface area contributed by atoms with E-state index in [0.717, 1.165) is 15.6 Å². The molecular formula is C13H12FN3OS. The lowest BCUT2D eigenvalue weighted by atomic mass is 9.92. The highest BCUT2D eigenvalue weighted by Gasteiger charge is 2.30. The average Bonchev–Trinajstić information content (AvgIpc) is 2.81. The number of aromatic nitrogens is 1. The van der Waals surface area contributed by atoms with Gasteiger partial charge in [0.1, 0.15) is 11.6 Å². The molecule has 0 spiro atoms. The zero-order valence-corrected chi connectivity index (χ0v) is 11.1. The Bertz CT molecular complexity index is 623. The molecule has 1 aromatic carbocycles. The Morgan fingerprint density at radius 1 is 1.42 bits per heavy atom. The summed E-state index contributed by atoms with van der Waals surface area (Å²) in [6.45, 7) is 0. The first-order valence-electron chi connectivity index (χ1n) is 5.91. The van der Waals surface area contributed by atoms with E-state index < -0.39 is 0 Å². The van der Waals surface area contributed by atoms with Crippen molar-refractivity contribution >= 4 is 28.2 Å².